The van der Waals surface area contributed by atoms with Crippen molar-refractivity contribution in [2.24, 2.45) is 22.7 Å². The lowest BCUT2D eigenvalue weighted by Crippen LogP contribution is -2.31. The molecule has 4 atom stereocenters. The first-order valence-corrected chi connectivity index (χ1v) is 6.00. The average Bonchev–Trinajstić information content (AvgIpc) is 2.18. The minimum absolute atomic E-state index is 0.701. The first-order valence-electron chi connectivity index (χ1n) is 6.00. The standard InChI is InChI=1S/C13H24/c1-5-13-7-10(2)6-12(4,9-13)8-11(13)3/h10-11H,5-9H2,1-4H3. The molecular formula is C13H24. The van der Waals surface area contributed by atoms with Gasteiger partial charge in [0, 0.05) is 0 Å². The molecular weight excluding hydrogens is 156 g/mol. The fourth-order valence-corrected chi connectivity index (χ4v) is 4.71. The molecule has 0 aliphatic heterocycles. The van der Waals surface area contributed by atoms with Gasteiger partial charge in [-0.3, -0.25) is 0 Å². The molecule has 2 saturated carbocycles. The third-order valence-corrected chi connectivity index (χ3v) is 4.92. The van der Waals surface area contributed by atoms with Crippen molar-refractivity contribution in [1.82, 2.24) is 0 Å². The van der Waals surface area contributed by atoms with Crippen molar-refractivity contribution < 1.29 is 0 Å². The van der Waals surface area contributed by atoms with Gasteiger partial charge in [-0.2, -0.15) is 0 Å². The molecule has 2 aliphatic rings. The van der Waals surface area contributed by atoms with Gasteiger partial charge in [-0.15, -0.1) is 0 Å². The van der Waals surface area contributed by atoms with Gasteiger partial charge in [0.25, 0.3) is 0 Å². The summed E-state index contributed by atoms with van der Waals surface area (Å²) in [5.74, 6) is 1.95. The Labute approximate surface area is 83.1 Å². The molecule has 0 aromatic rings. The monoisotopic (exact) mass is 180 g/mol. The van der Waals surface area contributed by atoms with Gasteiger partial charge in [-0.25, -0.2) is 0 Å². The average molecular weight is 180 g/mol. The zero-order valence-electron chi connectivity index (χ0n) is 9.69. The summed E-state index contributed by atoms with van der Waals surface area (Å²) in [4.78, 5) is 0. The third kappa shape index (κ3) is 1.33. The summed E-state index contributed by atoms with van der Waals surface area (Å²) in [5.41, 5.74) is 1.43. The Kier molecular flexibility index (Phi) is 2.02. The maximum absolute atomic E-state index is 2.52. The minimum Gasteiger partial charge on any atom is -0.0648 e. The van der Waals surface area contributed by atoms with Gasteiger partial charge in [0.1, 0.15) is 0 Å². The number of fused-ring (bicyclic) bond motifs is 2. The highest BCUT2D eigenvalue weighted by Gasteiger charge is 2.53. The predicted molar refractivity (Wildman–Crippen MR) is 57.6 cm³/mol. The van der Waals surface area contributed by atoms with Crippen molar-refractivity contribution in [2.75, 3.05) is 0 Å². The molecule has 0 aromatic carbocycles. The molecule has 2 aliphatic carbocycles. The van der Waals surface area contributed by atoms with E-state index in [-0.39, 0.29) is 0 Å². The van der Waals surface area contributed by atoms with Crippen LogP contribution < -0.4 is 0 Å². The van der Waals surface area contributed by atoms with Gasteiger partial charge in [0.15, 0.2) is 0 Å². The van der Waals surface area contributed by atoms with E-state index in [0.29, 0.717) is 5.41 Å². The Morgan fingerprint density at radius 1 is 1.15 bits per heavy atom. The first-order chi connectivity index (χ1) is 6.00. The summed E-state index contributed by atoms with van der Waals surface area (Å²) in [5, 5.41) is 0. The smallest absolute Gasteiger partial charge is 0.0266 e. The molecule has 0 radical (unpaired) electrons. The van der Waals surface area contributed by atoms with Gasteiger partial charge in [0.05, 0.1) is 0 Å². The molecule has 2 fully saturated rings. The van der Waals surface area contributed by atoms with Crippen LogP contribution in [-0.2, 0) is 0 Å². The van der Waals surface area contributed by atoms with E-state index in [1.165, 1.54) is 32.1 Å². The summed E-state index contributed by atoms with van der Waals surface area (Å²) in [6.07, 6.45) is 7.40. The van der Waals surface area contributed by atoms with Crippen LogP contribution in [0.5, 0.6) is 0 Å². The molecule has 76 valence electrons. The van der Waals surface area contributed by atoms with Crippen LogP contribution in [0.25, 0.3) is 0 Å². The molecule has 0 spiro atoms. The maximum Gasteiger partial charge on any atom is -0.0266 e. The van der Waals surface area contributed by atoms with Crippen LogP contribution in [0.15, 0.2) is 0 Å². The molecule has 2 rings (SSSR count). The van der Waals surface area contributed by atoms with E-state index < -0.39 is 0 Å². The second kappa shape index (κ2) is 2.74. The van der Waals surface area contributed by atoms with Crippen LogP contribution in [-0.4, -0.2) is 0 Å². The molecule has 0 amide bonds. The lowest BCUT2D eigenvalue weighted by atomic mass is 9.63. The summed E-state index contributed by atoms with van der Waals surface area (Å²) in [7, 11) is 0. The van der Waals surface area contributed by atoms with Gasteiger partial charge < -0.3 is 0 Å². The Bertz CT molecular complexity index is 208. The van der Waals surface area contributed by atoms with Gasteiger partial charge >= 0.3 is 0 Å². The highest BCUT2D eigenvalue weighted by Crippen LogP contribution is 2.63. The van der Waals surface area contributed by atoms with Crippen LogP contribution in [0.2, 0.25) is 0 Å². The molecule has 2 bridgehead atoms. The van der Waals surface area contributed by atoms with E-state index in [1.54, 1.807) is 0 Å². The largest absolute Gasteiger partial charge is 0.0648 e. The highest BCUT2D eigenvalue weighted by atomic mass is 14.6. The van der Waals surface area contributed by atoms with Crippen LogP contribution in [0.4, 0.5) is 0 Å². The minimum atomic E-state index is 0.701. The van der Waals surface area contributed by atoms with E-state index in [4.69, 9.17) is 0 Å². The Hall–Kier alpha value is 0. The van der Waals surface area contributed by atoms with E-state index in [9.17, 15) is 0 Å². The Morgan fingerprint density at radius 3 is 2.46 bits per heavy atom. The second-order valence-corrected chi connectivity index (χ2v) is 6.32. The zero-order chi connectivity index (χ0) is 9.69. The fourth-order valence-electron chi connectivity index (χ4n) is 4.71. The predicted octanol–water partition coefficient (Wildman–Crippen LogP) is 4.25. The quantitative estimate of drug-likeness (QED) is 0.566. The van der Waals surface area contributed by atoms with E-state index in [0.717, 1.165) is 17.3 Å². The van der Waals surface area contributed by atoms with Crippen molar-refractivity contribution in [3.63, 3.8) is 0 Å². The number of hydrogen-bond acceptors (Lipinski definition) is 0. The van der Waals surface area contributed by atoms with Crippen LogP contribution in [0.3, 0.4) is 0 Å². The van der Waals surface area contributed by atoms with Crippen molar-refractivity contribution in [1.29, 1.82) is 0 Å². The highest BCUT2D eigenvalue weighted by molar-refractivity contribution is 5.03. The Morgan fingerprint density at radius 2 is 1.85 bits per heavy atom. The van der Waals surface area contributed by atoms with Crippen molar-refractivity contribution in [2.45, 2.75) is 59.8 Å². The van der Waals surface area contributed by atoms with E-state index in [1.807, 2.05) is 0 Å². The molecule has 13 heavy (non-hydrogen) atoms. The topological polar surface area (TPSA) is 0 Å². The summed E-state index contributed by atoms with van der Waals surface area (Å²) in [6, 6.07) is 0. The fraction of sp³-hybridized carbons (Fsp3) is 1.00. The van der Waals surface area contributed by atoms with Crippen LogP contribution in [0.1, 0.15) is 59.8 Å². The molecule has 0 saturated heterocycles. The van der Waals surface area contributed by atoms with E-state index in [2.05, 4.69) is 27.7 Å². The lowest BCUT2D eigenvalue weighted by Gasteiger charge is -2.42. The normalized spacial score (nSPS) is 55.4. The second-order valence-electron chi connectivity index (χ2n) is 6.32. The van der Waals surface area contributed by atoms with Crippen LogP contribution in [0, 0.1) is 22.7 Å². The summed E-state index contributed by atoms with van der Waals surface area (Å²) >= 11 is 0. The maximum atomic E-state index is 2.52. The van der Waals surface area contributed by atoms with Gasteiger partial charge in [0.2, 0.25) is 0 Å². The first kappa shape index (κ1) is 9.55. The SMILES string of the molecule is CCC12CC(C)CC(C)(CC1C)C2. The lowest BCUT2D eigenvalue weighted by molar-refractivity contribution is 0.0877. The Balaban J connectivity index is 2.28. The number of hydrogen-bond donors (Lipinski definition) is 0. The summed E-state index contributed by atoms with van der Waals surface area (Å²) in [6.45, 7) is 9.88. The molecule has 0 aromatic heterocycles. The number of rotatable bonds is 1. The third-order valence-electron chi connectivity index (χ3n) is 4.92. The van der Waals surface area contributed by atoms with Crippen molar-refractivity contribution in [3.05, 3.63) is 0 Å². The molecule has 0 nitrogen and oxygen atoms in total. The molecule has 0 heterocycles. The molecule has 0 N–H and O–H groups in total. The van der Waals surface area contributed by atoms with Gasteiger partial charge in [-0.05, 0) is 48.3 Å². The van der Waals surface area contributed by atoms with Crippen LogP contribution >= 0.6 is 0 Å². The molecule has 4 unspecified atom stereocenters. The zero-order valence-corrected chi connectivity index (χ0v) is 9.69. The molecule has 0 heteroatoms. The van der Waals surface area contributed by atoms with E-state index >= 15 is 0 Å². The van der Waals surface area contributed by atoms with Gasteiger partial charge in [-0.1, -0.05) is 34.1 Å². The summed E-state index contributed by atoms with van der Waals surface area (Å²) < 4.78 is 0. The van der Waals surface area contributed by atoms with Crippen molar-refractivity contribution >= 4 is 0 Å². The van der Waals surface area contributed by atoms with Crippen molar-refractivity contribution in [3.8, 4) is 0 Å².